The molecular weight excluding hydrogens is 312 g/mol. The smallest absolute Gasteiger partial charge is 0.290 e. The summed E-state index contributed by atoms with van der Waals surface area (Å²) >= 11 is 1.58. The van der Waals surface area contributed by atoms with Gasteiger partial charge in [-0.3, -0.25) is 9.59 Å². The number of hydrogen-bond acceptors (Lipinski definition) is 5. The molecular formula is C16H20N4O2S. The third-order valence-corrected chi connectivity index (χ3v) is 5.01. The fourth-order valence-corrected chi connectivity index (χ4v) is 3.56. The Labute approximate surface area is 138 Å². The number of nitrogens with two attached hydrogens (primary N) is 1. The number of amides is 1. The van der Waals surface area contributed by atoms with Gasteiger partial charge in [0.15, 0.2) is 0 Å². The molecule has 122 valence electrons. The van der Waals surface area contributed by atoms with Crippen molar-refractivity contribution < 1.29 is 4.79 Å². The number of aryl methyl sites for hydroxylation is 1. The predicted octanol–water partition coefficient (Wildman–Crippen LogP) is 1.87. The van der Waals surface area contributed by atoms with Gasteiger partial charge in [0, 0.05) is 18.0 Å². The topological polar surface area (TPSA) is 81.2 Å². The highest BCUT2D eigenvalue weighted by Crippen LogP contribution is 2.26. The lowest BCUT2D eigenvalue weighted by molar-refractivity contribution is -0.133. The van der Waals surface area contributed by atoms with Crippen molar-refractivity contribution in [1.29, 1.82) is 0 Å². The molecule has 0 atom stereocenters. The normalized spacial score (nSPS) is 14.9. The van der Waals surface area contributed by atoms with Gasteiger partial charge in [-0.1, -0.05) is 0 Å². The molecule has 2 aromatic heterocycles. The SMILES string of the molecule is Cc1ccc(-c2cc(N)c(=O)n(CC(=O)N3CCCCC3)n2)s1. The predicted molar refractivity (Wildman–Crippen MR) is 91.4 cm³/mol. The summed E-state index contributed by atoms with van der Waals surface area (Å²) in [5, 5.41) is 4.34. The molecule has 2 N–H and O–H groups in total. The third kappa shape index (κ3) is 3.44. The van der Waals surface area contributed by atoms with E-state index in [4.69, 9.17) is 5.73 Å². The van der Waals surface area contributed by atoms with Crippen molar-refractivity contribution in [2.24, 2.45) is 0 Å². The van der Waals surface area contributed by atoms with Gasteiger partial charge in [0.05, 0.1) is 4.88 Å². The number of rotatable bonds is 3. The van der Waals surface area contributed by atoms with Crippen LogP contribution >= 0.6 is 11.3 Å². The molecule has 0 radical (unpaired) electrons. The van der Waals surface area contributed by atoms with Crippen LogP contribution in [-0.4, -0.2) is 33.7 Å². The molecule has 23 heavy (non-hydrogen) atoms. The fraction of sp³-hybridized carbons (Fsp3) is 0.438. The standard InChI is InChI=1S/C16H20N4O2S/c1-11-5-6-14(23-11)13-9-12(17)16(22)20(18-13)10-15(21)19-7-3-2-4-8-19/h5-6,9H,2-4,7-8,10,17H2,1H3. The van der Waals surface area contributed by atoms with E-state index in [1.807, 2.05) is 19.1 Å². The molecule has 2 aromatic rings. The number of thiophene rings is 1. The molecule has 1 aliphatic heterocycles. The Balaban J connectivity index is 1.87. The maximum atomic E-state index is 12.4. The first-order valence-electron chi connectivity index (χ1n) is 7.77. The van der Waals surface area contributed by atoms with Crippen LogP contribution < -0.4 is 11.3 Å². The first kappa shape index (κ1) is 15.7. The van der Waals surface area contributed by atoms with Crippen molar-refractivity contribution in [2.45, 2.75) is 32.7 Å². The summed E-state index contributed by atoms with van der Waals surface area (Å²) in [5.74, 6) is -0.0711. The van der Waals surface area contributed by atoms with Crippen molar-refractivity contribution in [1.82, 2.24) is 14.7 Å². The summed E-state index contributed by atoms with van der Waals surface area (Å²) in [5.41, 5.74) is 6.17. The van der Waals surface area contributed by atoms with E-state index in [1.54, 1.807) is 22.3 Å². The molecule has 7 heteroatoms. The Morgan fingerprint density at radius 1 is 1.30 bits per heavy atom. The molecule has 0 aromatic carbocycles. The summed E-state index contributed by atoms with van der Waals surface area (Å²) in [4.78, 5) is 28.4. The number of hydrogen-bond donors (Lipinski definition) is 1. The lowest BCUT2D eigenvalue weighted by atomic mass is 10.1. The zero-order valence-electron chi connectivity index (χ0n) is 13.1. The molecule has 1 aliphatic rings. The van der Waals surface area contributed by atoms with Crippen LogP contribution in [0.2, 0.25) is 0 Å². The molecule has 0 bridgehead atoms. The second-order valence-corrected chi connectivity index (χ2v) is 7.09. The van der Waals surface area contributed by atoms with Gasteiger partial charge in [-0.15, -0.1) is 11.3 Å². The van der Waals surface area contributed by atoms with E-state index in [0.717, 1.165) is 42.1 Å². The van der Waals surface area contributed by atoms with Crippen LogP contribution in [0, 0.1) is 6.92 Å². The zero-order chi connectivity index (χ0) is 16.4. The highest BCUT2D eigenvalue weighted by Gasteiger charge is 2.19. The number of aromatic nitrogens is 2. The molecule has 0 aliphatic carbocycles. The molecule has 3 heterocycles. The van der Waals surface area contributed by atoms with Crippen molar-refractivity contribution in [3.05, 3.63) is 33.4 Å². The van der Waals surface area contributed by atoms with Crippen LogP contribution in [0.5, 0.6) is 0 Å². The number of carbonyl (C=O) groups excluding carboxylic acids is 1. The maximum Gasteiger partial charge on any atom is 0.290 e. The van der Waals surface area contributed by atoms with Gasteiger partial charge in [-0.25, -0.2) is 4.68 Å². The summed E-state index contributed by atoms with van der Waals surface area (Å²) < 4.78 is 1.19. The summed E-state index contributed by atoms with van der Waals surface area (Å²) in [6.07, 6.45) is 3.19. The minimum absolute atomic E-state index is 0.0543. The quantitative estimate of drug-likeness (QED) is 0.930. The maximum absolute atomic E-state index is 12.4. The van der Waals surface area contributed by atoms with Gasteiger partial charge in [-0.2, -0.15) is 5.10 Å². The van der Waals surface area contributed by atoms with Gasteiger partial charge in [-0.05, 0) is 44.4 Å². The van der Waals surface area contributed by atoms with Crippen molar-refractivity contribution >= 4 is 22.9 Å². The molecule has 0 spiro atoms. The second-order valence-electron chi connectivity index (χ2n) is 5.80. The Morgan fingerprint density at radius 2 is 2.04 bits per heavy atom. The fourth-order valence-electron chi connectivity index (χ4n) is 2.73. The Bertz CT molecular complexity index is 775. The number of nitrogen functional groups attached to an aromatic ring is 1. The minimum atomic E-state index is -0.410. The van der Waals surface area contributed by atoms with Crippen LogP contribution in [0.25, 0.3) is 10.6 Å². The molecule has 3 rings (SSSR count). The van der Waals surface area contributed by atoms with Crippen LogP contribution in [-0.2, 0) is 11.3 Å². The molecule has 0 saturated carbocycles. The average Bonchev–Trinajstić information content (AvgIpc) is 2.99. The molecule has 1 saturated heterocycles. The first-order valence-corrected chi connectivity index (χ1v) is 8.58. The van der Waals surface area contributed by atoms with E-state index in [0.29, 0.717) is 5.69 Å². The summed E-state index contributed by atoms with van der Waals surface area (Å²) in [7, 11) is 0. The lowest BCUT2D eigenvalue weighted by Gasteiger charge is -2.26. The van der Waals surface area contributed by atoms with E-state index in [1.165, 1.54) is 4.68 Å². The zero-order valence-corrected chi connectivity index (χ0v) is 13.9. The number of nitrogens with zero attached hydrogens (tertiary/aromatic N) is 3. The highest BCUT2D eigenvalue weighted by atomic mass is 32.1. The van der Waals surface area contributed by atoms with Crippen molar-refractivity contribution in [3.8, 4) is 10.6 Å². The van der Waals surface area contributed by atoms with E-state index in [9.17, 15) is 9.59 Å². The minimum Gasteiger partial charge on any atom is -0.394 e. The second kappa shape index (κ2) is 6.54. The van der Waals surface area contributed by atoms with E-state index < -0.39 is 5.56 Å². The van der Waals surface area contributed by atoms with Crippen LogP contribution in [0.1, 0.15) is 24.1 Å². The number of carbonyl (C=O) groups is 1. The number of likely N-dealkylation sites (tertiary alicyclic amines) is 1. The van der Waals surface area contributed by atoms with E-state index in [-0.39, 0.29) is 18.1 Å². The largest absolute Gasteiger partial charge is 0.394 e. The van der Waals surface area contributed by atoms with Crippen molar-refractivity contribution in [3.63, 3.8) is 0 Å². The first-order chi connectivity index (χ1) is 11.0. The van der Waals surface area contributed by atoms with Gasteiger partial charge in [0.1, 0.15) is 17.9 Å². The van der Waals surface area contributed by atoms with E-state index in [2.05, 4.69) is 5.10 Å². The molecule has 1 amide bonds. The average molecular weight is 332 g/mol. The van der Waals surface area contributed by atoms with Crippen molar-refractivity contribution in [2.75, 3.05) is 18.8 Å². The number of anilines is 1. The summed E-state index contributed by atoms with van der Waals surface area (Å²) in [6, 6.07) is 5.52. The molecule has 0 unspecified atom stereocenters. The molecule has 1 fully saturated rings. The van der Waals surface area contributed by atoms with Crippen LogP contribution in [0.4, 0.5) is 5.69 Å². The van der Waals surface area contributed by atoms with Gasteiger partial charge < -0.3 is 10.6 Å². The Morgan fingerprint density at radius 3 is 2.70 bits per heavy atom. The Hall–Kier alpha value is -2.15. The Kier molecular flexibility index (Phi) is 4.47. The van der Waals surface area contributed by atoms with Gasteiger partial charge in [0.25, 0.3) is 5.56 Å². The van der Waals surface area contributed by atoms with Gasteiger partial charge >= 0.3 is 0 Å². The van der Waals surface area contributed by atoms with Crippen LogP contribution in [0.3, 0.4) is 0 Å². The van der Waals surface area contributed by atoms with E-state index >= 15 is 0 Å². The number of piperidine rings is 1. The molecule has 6 nitrogen and oxygen atoms in total. The van der Waals surface area contributed by atoms with Gasteiger partial charge in [0.2, 0.25) is 5.91 Å². The third-order valence-electron chi connectivity index (χ3n) is 3.99. The highest BCUT2D eigenvalue weighted by molar-refractivity contribution is 7.15. The summed E-state index contributed by atoms with van der Waals surface area (Å²) in [6.45, 7) is 3.47. The lowest BCUT2D eigenvalue weighted by Crippen LogP contribution is -2.40. The van der Waals surface area contributed by atoms with Crippen LogP contribution in [0.15, 0.2) is 23.0 Å². The monoisotopic (exact) mass is 332 g/mol.